The van der Waals surface area contributed by atoms with Crippen LogP contribution in [0.3, 0.4) is 0 Å². The number of rotatable bonds is 6. The van der Waals surface area contributed by atoms with E-state index in [1.807, 2.05) is 12.3 Å². The van der Waals surface area contributed by atoms with E-state index < -0.39 is 0 Å². The van der Waals surface area contributed by atoms with Gasteiger partial charge in [-0.25, -0.2) is 4.98 Å². The first-order valence-electron chi connectivity index (χ1n) is 7.13. The number of likely N-dealkylation sites (N-methyl/N-ethyl adjacent to an activating group) is 1. The number of methoxy groups -OCH3 is 1. The van der Waals surface area contributed by atoms with Crippen LogP contribution in [-0.4, -0.2) is 37.9 Å². The summed E-state index contributed by atoms with van der Waals surface area (Å²) >= 11 is 0. The fraction of sp³-hybridized carbons (Fsp3) is 0.667. The molecular formula is C15H24N2O2. The second-order valence-electron chi connectivity index (χ2n) is 5.03. The Balaban J connectivity index is 1.97. The van der Waals surface area contributed by atoms with Crippen molar-refractivity contribution >= 4 is 0 Å². The van der Waals surface area contributed by atoms with Gasteiger partial charge in [-0.1, -0.05) is 13.0 Å². The predicted molar refractivity (Wildman–Crippen MR) is 75.5 cm³/mol. The van der Waals surface area contributed by atoms with Crippen molar-refractivity contribution in [1.82, 2.24) is 10.3 Å². The van der Waals surface area contributed by atoms with E-state index in [0.717, 1.165) is 39.0 Å². The standard InChI is InChI=1S/C15H24N2O2/c1-3-16-14(13-6-8-19-9-7-13)10-12-4-5-15(18-2)17-11-12/h4-5,11,13-14,16H,3,6-10H2,1-2H3. The van der Waals surface area contributed by atoms with Gasteiger partial charge >= 0.3 is 0 Å². The Morgan fingerprint density at radius 1 is 1.42 bits per heavy atom. The molecule has 0 bridgehead atoms. The maximum atomic E-state index is 5.45. The van der Waals surface area contributed by atoms with Crippen molar-refractivity contribution in [1.29, 1.82) is 0 Å². The summed E-state index contributed by atoms with van der Waals surface area (Å²) < 4.78 is 10.5. The van der Waals surface area contributed by atoms with Crippen LogP contribution in [0.4, 0.5) is 0 Å². The fourth-order valence-corrected chi connectivity index (χ4v) is 2.69. The van der Waals surface area contributed by atoms with Crippen LogP contribution >= 0.6 is 0 Å². The first kappa shape index (κ1) is 14.3. The number of ether oxygens (including phenoxy) is 2. The van der Waals surface area contributed by atoms with Crippen molar-refractivity contribution in [2.75, 3.05) is 26.9 Å². The van der Waals surface area contributed by atoms with Gasteiger partial charge in [0, 0.05) is 31.5 Å². The highest BCUT2D eigenvalue weighted by Crippen LogP contribution is 2.22. The minimum Gasteiger partial charge on any atom is -0.481 e. The van der Waals surface area contributed by atoms with Gasteiger partial charge in [-0.3, -0.25) is 0 Å². The Morgan fingerprint density at radius 2 is 2.21 bits per heavy atom. The number of hydrogen-bond donors (Lipinski definition) is 1. The molecule has 1 aromatic heterocycles. The molecule has 0 aliphatic carbocycles. The lowest BCUT2D eigenvalue weighted by atomic mass is 9.88. The third-order valence-corrected chi connectivity index (χ3v) is 3.76. The third kappa shape index (κ3) is 4.18. The van der Waals surface area contributed by atoms with E-state index in [0.29, 0.717) is 17.8 Å². The molecule has 1 unspecified atom stereocenters. The van der Waals surface area contributed by atoms with Gasteiger partial charge in [-0.15, -0.1) is 0 Å². The summed E-state index contributed by atoms with van der Waals surface area (Å²) in [6.45, 7) is 4.96. The van der Waals surface area contributed by atoms with Gasteiger partial charge in [-0.2, -0.15) is 0 Å². The van der Waals surface area contributed by atoms with Gasteiger partial charge in [0.1, 0.15) is 0 Å². The highest BCUT2D eigenvalue weighted by atomic mass is 16.5. The number of aromatic nitrogens is 1. The van der Waals surface area contributed by atoms with Crippen LogP contribution in [0, 0.1) is 5.92 Å². The number of hydrogen-bond acceptors (Lipinski definition) is 4. The monoisotopic (exact) mass is 264 g/mol. The van der Waals surface area contributed by atoms with Crippen molar-refractivity contribution in [3.05, 3.63) is 23.9 Å². The number of pyridine rings is 1. The van der Waals surface area contributed by atoms with Crippen LogP contribution in [0.25, 0.3) is 0 Å². The van der Waals surface area contributed by atoms with Crippen molar-refractivity contribution in [3.8, 4) is 5.88 Å². The largest absolute Gasteiger partial charge is 0.481 e. The molecule has 4 heteroatoms. The zero-order valence-electron chi connectivity index (χ0n) is 11.9. The molecule has 106 valence electrons. The van der Waals surface area contributed by atoms with Crippen molar-refractivity contribution in [2.24, 2.45) is 5.92 Å². The molecule has 0 spiro atoms. The molecule has 0 aromatic carbocycles. The summed E-state index contributed by atoms with van der Waals surface area (Å²) in [6, 6.07) is 4.56. The van der Waals surface area contributed by atoms with Gasteiger partial charge in [-0.05, 0) is 37.3 Å². The maximum absolute atomic E-state index is 5.45. The predicted octanol–water partition coefficient (Wildman–Crippen LogP) is 2.04. The molecular weight excluding hydrogens is 240 g/mol. The lowest BCUT2D eigenvalue weighted by molar-refractivity contribution is 0.0539. The second kappa shape index (κ2) is 7.46. The minimum atomic E-state index is 0.518. The molecule has 2 rings (SSSR count). The van der Waals surface area contributed by atoms with Crippen LogP contribution in [0.5, 0.6) is 5.88 Å². The second-order valence-corrected chi connectivity index (χ2v) is 5.03. The molecule has 1 aliphatic rings. The minimum absolute atomic E-state index is 0.518. The smallest absolute Gasteiger partial charge is 0.212 e. The van der Waals surface area contributed by atoms with E-state index in [-0.39, 0.29) is 0 Å². The molecule has 19 heavy (non-hydrogen) atoms. The zero-order chi connectivity index (χ0) is 13.5. The molecule has 0 radical (unpaired) electrons. The van der Waals surface area contributed by atoms with E-state index >= 15 is 0 Å². The van der Waals surface area contributed by atoms with Crippen LogP contribution in [0.1, 0.15) is 25.3 Å². The summed E-state index contributed by atoms with van der Waals surface area (Å²) in [5, 5.41) is 3.61. The highest BCUT2D eigenvalue weighted by molar-refractivity contribution is 5.18. The molecule has 1 aliphatic heterocycles. The molecule has 1 saturated heterocycles. The zero-order valence-corrected chi connectivity index (χ0v) is 11.9. The number of nitrogens with zero attached hydrogens (tertiary/aromatic N) is 1. The first-order chi connectivity index (χ1) is 9.33. The van der Waals surface area contributed by atoms with Crippen LogP contribution in [-0.2, 0) is 11.2 Å². The van der Waals surface area contributed by atoms with E-state index in [1.54, 1.807) is 7.11 Å². The average Bonchev–Trinajstić information content (AvgIpc) is 2.48. The quantitative estimate of drug-likeness (QED) is 0.854. The molecule has 1 fully saturated rings. The number of nitrogens with one attached hydrogen (secondary N) is 1. The van der Waals surface area contributed by atoms with E-state index in [4.69, 9.17) is 9.47 Å². The Labute approximate surface area is 115 Å². The van der Waals surface area contributed by atoms with Gasteiger partial charge in [0.25, 0.3) is 0 Å². The summed E-state index contributed by atoms with van der Waals surface area (Å²) in [5.41, 5.74) is 1.26. The topological polar surface area (TPSA) is 43.4 Å². The Bertz CT molecular complexity index is 361. The van der Waals surface area contributed by atoms with Crippen molar-refractivity contribution in [2.45, 2.75) is 32.2 Å². The van der Waals surface area contributed by atoms with Gasteiger partial charge < -0.3 is 14.8 Å². The molecule has 0 saturated carbocycles. The van der Waals surface area contributed by atoms with E-state index in [2.05, 4.69) is 23.3 Å². The summed E-state index contributed by atoms with van der Waals surface area (Å²) in [6.07, 6.45) is 5.25. The van der Waals surface area contributed by atoms with Gasteiger partial charge in [0.2, 0.25) is 5.88 Å². The maximum Gasteiger partial charge on any atom is 0.212 e. The lowest BCUT2D eigenvalue weighted by Gasteiger charge is -2.31. The first-order valence-corrected chi connectivity index (χ1v) is 7.13. The summed E-state index contributed by atoms with van der Waals surface area (Å²) in [4.78, 5) is 4.28. The average molecular weight is 264 g/mol. The highest BCUT2D eigenvalue weighted by Gasteiger charge is 2.23. The molecule has 1 aromatic rings. The van der Waals surface area contributed by atoms with E-state index in [1.165, 1.54) is 5.56 Å². The normalized spacial score (nSPS) is 18.2. The Kier molecular flexibility index (Phi) is 5.61. The fourth-order valence-electron chi connectivity index (χ4n) is 2.69. The van der Waals surface area contributed by atoms with E-state index in [9.17, 15) is 0 Å². The molecule has 1 N–H and O–H groups in total. The summed E-state index contributed by atoms with van der Waals surface area (Å²) in [7, 11) is 1.64. The molecule has 4 nitrogen and oxygen atoms in total. The molecule has 2 heterocycles. The summed E-state index contributed by atoms with van der Waals surface area (Å²) in [5.74, 6) is 1.38. The third-order valence-electron chi connectivity index (χ3n) is 3.76. The van der Waals surface area contributed by atoms with Gasteiger partial charge in [0.15, 0.2) is 0 Å². The SMILES string of the molecule is CCNC(Cc1ccc(OC)nc1)C1CCOCC1. The van der Waals surface area contributed by atoms with Crippen LogP contribution in [0.2, 0.25) is 0 Å². The van der Waals surface area contributed by atoms with Crippen LogP contribution in [0.15, 0.2) is 18.3 Å². The lowest BCUT2D eigenvalue weighted by Crippen LogP contribution is -2.40. The van der Waals surface area contributed by atoms with Crippen molar-refractivity contribution in [3.63, 3.8) is 0 Å². The van der Waals surface area contributed by atoms with Crippen molar-refractivity contribution < 1.29 is 9.47 Å². The molecule has 1 atom stereocenters. The molecule has 0 amide bonds. The van der Waals surface area contributed by atoms with Gasteiger partial charge in [0.05, 0.1) is 7.11 Å². The Morgan fingerprint density at radius 3 is 2.79 bits per heavy atom. The van der Waals surface area contributed by atoms with Crippen LogP contribution < -0.4 is 10.1 Å². The Hall–Kier alpha value is -1.13.